The summed E-state index contributed by atoms with van der Waals surface area (Å²) in [6.07, 6.45) is 3.32. The van der Waals surface area contributed by atoms with Gasteiger partial charge < -0.3 is 78.2 Å². The van der Waals surface area contributed by atoms with Gasteiger partial charge in [0.2, 0.25) is 5.75 Å². The molecule has 0 bridgehead atoms. The maximum atomic E-state index is 13.4. The van der Waals surface area contributed by atoms with Crippen LogP contribution < -0.4 is 49.5 Å². The van der Waals surface area contributed by atoms with Crippen LogP contribution in [0.5, 0.6) is 40.2 Å². The van der Waals surface area contributed by atoms with Crippen molar-refractivity contribution in [2.24, 2.45) is 5.73 Å². The summed E-state index contributed by atoms with van der Waals surface area (Å²) in [5, 5.41) is 18.1. The lowest BCUT2D eigenvalue weighted by atomic mass is 9.98. The molecule has 10 heterocycles. The van der Waals surface area contributed by atoms with Crippen LogP contribution in [0.25, 0.3) is 88.6 Å². The molecule has 96 heavy (non-hydrogen) atoms. The highest BCUT2D eigenvalue weighted by Gasteiger charge is 2.32. The average molecular weight is 1320 g/mol. The third-order valence-corrected chi connectivity index (χ3v) is 16.5. The van der Waals surface area contributed by atoms with Gasteiger partial charge in [-0.05, 0) is 150 Å². The van der Waals surface area contributed by atoms with Gasteiger partial charge in [-0.15, -0.1) is 0 Å². The van der Waals surface area contributed by atoms with Crippen LogP contribution in [0.4, 0.5) is 4.79 Å². The Kier molecular flexibility index (Phi) is 21.8. The fourth-order valence-corrected chi connectivity index (χ4v) is 12.3. The third-order valence-electron chi connectivity index (χ3n) is 16.5. The molecule has 0 saturated carbocycles. The number of hydrogen-bond donors (Lipinski definition) is 5. The van der Waals surface area contributed by atoms with E-state index < -0.39 is 5.60 Å². The molecule has 14 rings (SSSR count). The smallest absolute Gasteiger partial charge is 0.410 e. The zero-order valence-corrected chi connectivity index (χ0v) is 55.4. The molecule has 510 valence electrons. The molecule has 0 atom stereocenters. The van der Waals surface area contributed by atoms with Crippen LogP contribution in [-0.2, 0) is 9.53 Å². The van der Waals surface area contributed by atoms with Gasteiger partial charge in [-0.3, -0.25) is 9.59 Å². The minimum Gasteiger partial charge on any atom is -0.496 e. The number of ether oxygens (including phenoxy) is 8. The summed E-state index contributed by atoms with van der Waals surface area (Å²) in [6, 6.07) is 15.5. The van der Waals surface area contributed by atoms with Crippen molar-refractivity contribution >= 4 is 62.3 Å². The highest BCUT2D eigenvalue weighted by molar-refractivity contribution is 6.16. The van der Waals surface area contributed by atoms with Gasteiger partial charge in [-0.2, -0.15) is 0 Å². The van der Waals surface area contributed by atoms with Crippen LogP contribution >= 0.6 is 0 Å². The number of piperidine rings is 2. The van der Waals surface area contributed by atoms with Crippen molar-refractivity contribution in [1.82, 2.24) is 55.8 Å². The van der Waals surface area contributed by atoms with Crippen molar-refractivity contribution in [1.29, 1.82) is 0 Å². The summed E-state index contributed by atoms with van der Waals surface area (Å²) in [5.41, 5.74) is 16.7. The SMILES string of the molecule is C.C.CC.CC(C)(C)OC(=O)N1CCC(N)CC1.COc1cc2c(cc1-c1c(C)noc1C)[nH]c1nc(C)nc(-c3ccc(C(=O)NC4CCNCC4)c4c3OCCO4)c12.COc1cc2c(cc1-c1c(C)noc1C)[nH]c1nc(C)nc(-c3ccc(OC=O)c4c3OCCO4)c12. The number of methoxy groups -OCH3 is 2. The lowest BCUT2D eigenvalue weighted by Gasteiger charge is -2.32. The van der Waals surface area contributed by atoms with E-state index in [1.165, 1.54) is 0 Å². The monoisotopic (exact) mass is 1320 g/mol. The van der Waals surface area contributed by atoms with Crippen molar-refractivity contribution < 1.29 is 61.3 Å². The van der Waals surface area contributed by atoms with Gasteiger partial charge in [0.1, 0.15) is 78.0 Å². The molecule has 0 unspecified atom stereocenters. The number of rotatable bonds is 10. The van der Waals surface area contributed by atoms with Crippen LogP contribution in [0.1, 0.15) is 120 Å². The van der Waals surface area contributed by atoms with Gasteiger partial charge in [-0.1, -0.05) is 39.0 Å². The van der Waals surface area contributed by atoms with Gasteiger partial charge in [0.25, 0.3) is 12.4 Å². The van der Waals surface area contributed by atoms with Crippen molar-refractivity contribution in [3.8, 4) is 85.0 Å². The third kappa shape index (κ3) is 14.2. The number of H-pyrrole nitrogens is 2. The quantitative estimate of drug-likeness (QED) is 0.0794. The first-order valence-corrected chi connectivity index (χ1v) is 31.6. The molecule has 0 aliphatic carbocycles. The Morgan fingerprint density at radius 3 is 1.55 bits per heavy atom. The van der Waals surface area contributed by atoms with E-state index in [4.69, 9.17) is 67.6 Å². The summed E-state index contributed by atoms with van der Waals surface area (Å²) in [7, 11) is 3.28. The average Bonchev–Trinajstić information content (AvgIpc) is 1.55. The molecule has 4 aliphatic heterocycles. The fraction of sp³-hybridized carbons (Fsp3) is 0.423. The van der Waals surface area contributed by atoms with E-state index in [1.807, 2.05) is 113 Å². The molecule has 25 nitrogen and oxygen atoms in total. The van der Waals surface area contributed by atoms with Crippen LogP contribution in [0.3, 0.4) is 0 Å². The van der Waals surface area contributed by atoms with E-state index in [0.717, 1.165) is 124 Å². The predicted molar refractivity (Wildman–Crippen MR) is 368 cm³/mol. The molecule has 0 spiro atoms. The molecule has 0 radical (unpaired) electrons. The minimum absolute atomic E-state index is 0. The molecular weight excluding hydrogens is 1230 g/mol. The van der Waals surface area contributed by atoms with Crippen LogP contribution in [-0.4, -0.2) is 148 Å². The summed E-state index contributed by atoms with van der Waals surface area (Å²) >= 11 is 0. The molecule has 2 amide bonds. The number of amides is 2. The molecular formula is C71H88N12O13. The van der Waals surface area contributed by atoms with Gasteiger partial charge in [0.15, 0.2) is 23.0 Å². The van der Waals surface area contributed by atoms with E-state index in [0.29, 0.717) is 124 Å². The van der Waals surface area contributed by atoms with Gasteiger partial charge in [0, 0.05) is 69.2 Å². The highest BCUT2D eigenvalue weighted by atomic mass is 16.6. The number of nitrogens with one attached hydrogen (secondary N) is 4. The number of hydrogen-bond acceptors (Lipinski definition) is 21. The van der Waals surface area contributed by atoms with E-state index >= 15 is 0 Å². The summed E-state index contributed by atoms with van der Waals surface area (Å²) in [4.78, 5) is 63.6. The second-order valence-electron chi connectivity index (χ2n) is 24.0. The number of carbonyl (C=O) groups is 3. The van der Waals surface area contributed by atoms with Gasteiger partial charge >= 0.3 is 6.09 Å². The van der Waals surface area contributed by atoms with Crippen molar-refractivity contribution in [2.75, 3.05) is 66.8 Å². The van der Waals surface area contributed by atoms with Gasteiger partial charge in [-0.25, -0.2) is 24.7 Å². The molecule has 6 aromatic heterocycles. The number of aryl methyl sites for hydroxylation is 6. The molecule has 25 heteroatoms. The van der Waals surface area contributed by atoms with Crippen molar-refractivity contribution in [3.05, 3.63) is 88.7 Å². The Balaban J connectivity index is 0.000000182. The summed E-state index contributed by atoms with van der Waals surface area (Å²) < 4.78 is 56.9. The number of carbonyl (C=O) groups excluding carboxylic acids is 3. The van der Waals surface area contributed by atoms with Gasteiger partial charge in [0.05, 0.1) is 64.5 Å². The highest BCUT2D eigenvalue weighted by Crippen LogP contribution is 2.50. The first-order valence-electron chi connectivity index (χ1n) is 31.6. The largest absolute Gasteiger partial charge is 0.496 e. The molecule has 10 aromatic rings. The van der Waals surface area contributed by atoms with Crippen LogP contribution in [0.2, 0.25) is 0 Å². The standard InChI is InChI=1S/C31H32N6O5.C26H22N4O6.C10H20N2O2.C2H6.2CH4/c1-15-25(16(2)42-37-15)22-13-23-21(14-24(22)39-4)26-27(33-17(3)34-30(26)36-23)19-5-6-20(29-28(19)40-11-12-41-29)31(38)35-18-7-9-32-10-8-18;1-12-21(13(2)36-30-12)17-9-18-16(10-20(17)32-4)22-23(27-14(3)28-26(22)29-18)15-5-6-19(35-11-31)25-24(15)33-7-8-34-25;1-10(2,3)14-9(13)12-6-4-8(11)5-7-12;1-2;;/h5-6,13-14,18,32H,7-12H2,1-4H3,(H,35,38)(H,33,34,36);5-6,9-11H,7-8H2,1-4H3,(H,27,28,29);8H,4-7,11H2,1-3H3;1-2H3;2*1H4. The second-order valence-corrected chi connectivity index (χ2v) is 24.0. The minimum atomic E-state index is -0.406. The Bertz CT molecular complexity index is 4430. The lowest BCUT2D eigenvalue weighted by Crippen LogP contribution is -2.44. The molecule has 4 aromatic carbocycles. The molecule has 6 N–H and O–H groups in total. The number of fused-ring (bicyclic) bond motifs is 8. The zero-order chi connectivity index (χ0) is 66.7. The zero-order valence-electron chi connectivity index (χ0n) is 55.4. The second kappa shape index (κ2) is 29.7. The first-order chi connectivity index (χ1) is 45.3. The number of nitrogens with zero attached hydrogens (tertiary/aromatic N) is 7. The number of aromatic amines is 2. The van der Waals surface area contributed by atoms with Crippen LogP contribution in [0, 0.1) is 41.5 Å². The van der Waals surface area contributed by atoms with E-state index in [1.54, 1.807) is 31.3 Å². The molecule has 4 aliphatic rings. The van der Waals surface area contributed by atoms with Crippen molar-refractivity contribution in [3.63, 3.8) is 0 Å². The number of aromatic nitrogens is 8. The topological polar surface area (TPSA) is 314 Å². The predicted octanol–water partition coefficient (Wildman–Crippen LogP) is 12.9. The van der Waals surface area contributed by atoms with Crippen LogP contribution in [0.15, 0.2) is 57.6 Å². The lowest BCUT2D eigenvalue weighted by molar-refractivity contribution is -0.120. The first kappa shape index (κ1) is 70.3. The Labute approximate surface area is 557 Å². The summed E-state index contributed by atoms with van der Waals surface area (Å²) in [6.45, 7) is 25.9. The van der Waals surface area contributed by atoms with E-state index in [9.17, 15) is 14.4 Å². The normalized spacial score (nSPS) is 14.4. The Morgan fingerprint density at radius 1 is 0.625 bits per heavy atom. The Hall–Kier alpha value is -10.0. The van der Waals surface area contributed by atoms with E-state index in [2.05, 4.69) is 35.9 Å². The maximum Gasteiger partial charge on any atom is 0.410 e. The summed E-state index contributed by atoms with van der Waals surface area (Å²) in [5.74, 6) is 5.85. The number of nitrogens with two attached hydrogens (primary N) is 1. The molecule has 2 saturated heterocycles. The van der Waals surface area contributed by atoms with Crippen molar-refractivity contribution in [2.45, 2.75) is 134 Å². The maximum absolute atomic E-state index is 13.4. The number of likely N-dealkylation sites (tertiary alicyclic amines) is 1. The Morgan fingerprint density at radius 2 is 1.09 bits per heavy atom. The van der Waals surface area contributed by atoms with E-state index in [-0.39, 0.29) is 44.7 Å². The number of benzene rings is 4. The fourth-order valence-electron chi connectivity index (χ4n) is 12.3. The molecule has 2 fully saturated rings.